The highest BCUT2D eigenvalue weighted by atomic mass is 16.3. The highest BCUT2D eigenvalue weighted by Gasteiger charge is 2.18. The van der Waals surface area contributed by atoms with Crippen LogP contribution < -0.4 is 5.32 Å². The quantitative estimate of drug-likeness (QED) is 0.730. The average molecular weight is 242 g/mol. The van der Waals surface area contributed by atoms with Gasteiger partial charge < -0.3 is 15.3 Å². The summed E-state index contributed by atoms with van der Waals surface area (Å²) in [6.45, 7) is 2.32. The zero-order valence-corrected chi connectivity index (χ0v) is 10.3. The number of aliphatic hydroxyl groups is 1. The van der Waals surface area contributed by atoms with Crippen molar-refractivity contribution in [1.82, 2.24) is 10.2 Å². The number of aliphatic hydroxyl groups excluding tert-OH is 1. The third kappa shape index (κ3) is 5.68. The Hall–Kier alpha value is -1.10. The van der Waals surface area contributed by atoms with Crippen molar-refractivity contribution >= 4 is 11.8 Å². The van der Waals surface area contributed by atoms with E-state index in [2.05, 4.69) is 5.32 Å². The third-order valence-corrected chi connectivity index (χ3v) is 2.94. The zero-order chi connectivity index (χ0) is 12.5. The normalized spacial score (nSPS) is 20.4. The fourth-order valence-electron chi connectivity index (χ4n) is 1.96. The van der Waals surface area contributed by atoms with Crippen LogP contribution in [-0.2, 0) is 9.59 Å². The molecule has 0 saturated carbocycles. The summed E-state index contributed by atoms with van der Waals surface area (Å²) < 4.78 is 0. The van der Waals surface area contributed by atoms with Crippen molar-refractivity contribution in [2.24, 2.45) is 0 Å². The van der Waals surface area contributed by atoms with E-state index in [9.17, 15) is 9.59 Å². The van der Waals surface area contributed by atoms with Crippen molar-refractivity contribution in [2.75, 3.05) is 26.2 Å². The first-order valence-corrected chi connectivity index (χ1v) is 6.39. The van der Waals surface area contributed by atoms with Crippen LogP contribution in [0.2, 0.25) is 0 Å². The van der Waals surface area contributed by atoms with Crippen molar-refractivity contribution in [3.63, 3.8) is 0 Å². The molecule has 0 spiro atoms. The predicted molar refractivity (Wildman–Crippen MR) is 64.4 cm³/mol. The molecule has 2 N–H and O–H groups in total. The minimum atomic E-state index is 0.0890. The molecule has 0 bridgehead atoms. The Balaban J connectivity index is 0.000000171. The van der Waals surface area contributed by atoms with Crippen LogP contribution in [0.4, 0.5) is 0 Å². The molecule has 5 heteroatoms. The van der Waals surface area contributed by atoms with Gasteiger partial charge >= 0.3 is 0 Å². The monoisotopic (exact) mass is 242 g/mol. The number of amides is 2. The SMILES string of the molecule is O=C1CCCCCN1.O=C1CCCN1CCO. The van der Waals surface area contributed by atoms with Gasteiger partial charge in [-0.25, -0.2) is 0 Å². The van der Waals surface area contributed by atoms with Crippen molar-refractivity contribution in [2.45, 2.75) is 38.5 Å². The predicted octanol–water partition coefficient (Wildman–Crippen LogP) is 0.278. The summed E-state index contributed by atoms with van der Waals surface area (Å²) in [5, 5.41) is 11.3. The van der Waals surface area contributed by atoms with Gasteiger partial charge in [0.25, 0.3) is 0 Å². The van der Waals surface area contributed by atoms with Gasteiger partial charge in [0.1, 0.15) is 0 Å². The Morgan fingerprint density at radius 1 is 1.12 bits per heavy atom. The van der Waals surface area contributed by atoms with E-state index < -0.39 is 0 Å². The average Bonchev–Trinajstić information content (AvgIpc) is 2.57. The van der Waals surface area contributed by atoms with Crippen molar-refractivity contribution < 1.29 is 14.7 Å². The van der Waals surface area contributed by atoms with Crippen LogP contribution in [0.25, 0.3) is 0 Å². The minimum Gasteiger partial charge on any atom is -0.395 e. The molecule has 2 aliphatic rings. The number of carbonyl (C=O) groups is 2. The van der Waals surface area contributed by atoms with E-state index in [0.717, 1.165) is 38.8 Å². The lowest BCUT2D eigenvalue weighted by Crippen LogP contribution is -2.27. The van der Waals surface area contributed by atoms with Gasteiger partial charge in [0.2, 0.25) is 11.8 Å². The van der Waals surface area contributed by atoms with Crippen LogP contribution in [0.1, 0.15) is 38.5 Å². The first kappa shape index (κ1) is 14.0. The van der Waals surface area contributed by atoms with E-state index in [-0.39, 0.29) is 18.4 Å². The van der Waals surface area contributed by atoms with E-state index in [1.165, 1.54) is 6.42 Å². The molecule has 0 radical (unpaired) electrons. The van der Waals surface area contributed by atoms with E-state index >= 15 is 0 Å². The number of hydrogen-bond acceptors (Lipinski definition) is 3. The molecule has 0 aromatic rings. The highest BCUT2D eigenvalue weighted by molar-refractivity contribution is 5.78. The van der Waals surface area contributed by atoms with Gasteiger partial charge in [-0.2, -0.15) is 0 Å². The fraction of sp³-hybridized carbons (Fsp3) is 0.833. The number of likely N-dealkylation sites (tertiary alicyclic amines) is 1. The van der Waals surface area contributed by atoms with Gasteiger partial charge in [-0.15, -0.1) is 0 Å². The Morgan fingerprint density at radius 2 is 1.94 bits per heavy atom. The maximum absolute atomic E-state index is 10.8. The largest absolute Gasteiger partial charge is 0.395 e. The number of nitrogens with zero attached hydrogens (tertiary/aromatic N) is 1. The third-order valence-electron chi connectivity index (χ3n) is 2.94. The van der Waals surface area contributed by atoms with Crippen LogP contribution in [0.3, 0.4) is 0 Å². The van der Waals surface area contributed by atoms with Crippen molar-refractivity contribution in [3.05, 3.63) is 0 Å². The Labute approximate surface area is 102 Å². The molecule has 2 heterocycles. The van der Waals surface area contributed by atoms with Gasteiger partial charge in [-0.05, 0) is 19.3 Å². The van der Waals surface area contributed by atoms with Gasteiger partial charge in [0, 0.05) is 32.5 Å². The number of nitrogens with one attached hydrogen (secondary N) is 1. The zero-order valence-electron chi connectivity index (χ0n) is 10.3. The molecule has 0 aromatic heterocycles. The molecule has 2 rings (SSSR count). The highest BCUT2D eigenvalue weighted by Crippen LogP contribution is 2.07. The molecule has 2 saturated heterocycles. The Kier molecular flexibility index (Phi) is 6.62. The number of β-amino-alcohol motifs (C(OH)–C–C–N with tert-alkyl or cyclic N) is 1. The second kappa shape index (κ2) is 8.06. The lowest BCUT2D eigenvalue weighted by molar-refractivity contribution is -0.128. The van der Waals surface area contributed by atoms with E-state index in [1.807, 2.05) is 0 Å². The van der Waals surface area contributed by atoms with Crippen LogP contribution in [0.5, 0.6) is 0 Å². The fourth-order valence-corrected chi connectivity index (χ4v) is 1.96. The Morgan fingerprint density at radius 3 is 2.59 bits per heavy atom. The molecule has 17 heavy (non-hydrogen) atoms. The molecular weight excluding hydrogens is 220 g/mol. The second-order valence-electron chi connectivity index (χ2n) is 4.37. The summed E-state index contributed by atoms with van der Waals surface area (Å²) in [5.41, 5.74) is 0. The van der Waals surface area contributed by atoms with Crippen molar-refractivity contribution in [3.8, 4) is 0 Å². The minimum absolute atomic E-state index is 0.0890. The molecule has 98 valence electrons. The molecule has 0 aromatic carbocycles. The van der Waals surface area contributed by atoms with Crippen LogP contribution in [0.15, 0.2) is 0 Å². The lowest BCUT2D eigenvalue weighted by Gasteiger charge is -2.11. The van der Waals surface area contributed by atoms with Gasteiger partial charge in [-0.3, -0.25) is 9.59 Å². The molecular formula is C12H22N2O3. The number of hydrogen-bond donors (Lipinski definition) is 2. The van der Waals surface area contributed by atoms with E-state index in [0.29, 0.717) is 13.0 Å². The smallest absolute Gasteiger partial charge is 0.222 e. The lowest BCUT2D eigenvalue weighted by atomic mass is 10.2. The summed E-state index contributed by atoms with van der Waals surface area (Å²) in [5.74, 6) is 0.409. The van der Waals surface area contributed by atoms with Crippen LogP contribution in [-0.4, -0.2) is 48.1 Å². The topological polar surface area (TPSA) is 69.6 Å². The van der Waals surface area contributed by atoms with Gasteiger partial charge in [-0.1, -0.05) is 6.42 Å². The summed E-state index contributed by atoms with van der Waals surface area (Å²) in [6.07, 6.45) is 5.80. The molecule has 2 amide bonds. The van der Waals surface area contributed by atoms with Gasteiger partial charge in [0.05, 0.1) is 6.61 Å². The maximum Gasteiger partial charge on any atom is 0.222 e. The summed E-state index contributed by atoms with van der Waals surface area (Å²) in [6, 6.07) is 0. The number of rotatable bonds is 2. The van der Waals surface area contributed by atoms with Crippen LogP contribution >= 0.6 is 0 Å². The second-order valence-corrected chi connectivity index (χ2v) is 4.37. The van der Waals surface area contributed by atoms with Crippen molar-refractivity contribution in [1.29, 1.82) is 0 Å². The molecule has 0 unspecified atom stereocenters. The molecule has 0 aliphatic carbocycles. The van der Waals surface area contributed by atoms with Crippen LogP contribution in [0, 0.1) is 0 Å². The standard InChI is InChI=1S/C6H11NO2.C6H11NO/c8-5-4-7-3-1-2-6(7)9;8-6-4-2-1-3-5-7-6/h8H,1-5H2;1-5H2,(H,7,8). The maximum atomic E-state index is 10.8. The first-order chi connectivity index (χ1) is 8.24. The van der Waals surface area contributed by atoms with E-state index in [4.69, 9.17) is 5.11 Å². The Bertz CT molecular complexity index is 246. The summed E-state index contributed by atoms with van der Waals surface area (Å²) in [7, 11) is 0. The van der Waals surface area contributed by atoms with E-state index in [1.54, 1.807) is 4.90 Å². The molecule has 2 fully saturated rings. The summed E-state index contributed by atoms with van der Waals surface area (Å²) >= 11 is 0. The molecule has 0 atom stereocenters. The summed E-state index contributed by atoms with van der Waals surface area (Å²) in [4.78, 5) is 23.0. The molecule has 5 nitrogen and oxygen atoms in total. The molecule has 2 aliphatic heterocycles. The van der Waals surface area contributed by atoms with Gasteiger partial charge in [0.15, 0.2) is 0 Å². The first-order valence-electron chi connectivity index (χ1n) is 6.39. The number of carbonyl (C=O) groups excluding carboxylic acids is 2.